The van der Waals surface area contributed by atoms with Crippen molar-refractivity contribution >= 4 is 28.7 Å². The molecule has 0 aliphatic carbocycles. The Morgan fingerprint density at radius 3 is 2.34 bits per heavy atom. The van der Waals surface area contributed by atoms with Gasteiger partial charge in [-0.15, -0.1) is 13.2 Å². The highest BCUT2D eigenvalue weighted by Gasteiger charge is 2.26. The molecule has 3 atom stereocenters. The molecule has 3 aromatic carbocycles. The number of amides is 2. The van der Waals surface area contributed by atoms with Crippen molar-refractivity contribution < 1.29 is 29.0 Å². The number of allylic oxidation sites excluding steroid dienone is 2. The topological polar surface area (TPSA) is 130 Å². The van der Waals surface area contributed by atoms with Crippen LogP contribution in [0, 0.1) is 5.92 Å². The summed E-state index contributed by atoms with van der Waals surface area (Å²) in [6.07, 6.45) is 9.03. The van der Waals surface area contributed by atoms with Crippen molar-refractivity contribution in [2.45, 2.75) is 70.1 Å². The SMILES string of the molecule is C=CCCCCC(=O)OC[C@H](Cc1c[nH]c2ccccc12)NC(=O)[C@H](CC=C)CC(=O)N[C@H](CO)Cc1ccc(OCc2ccccc2)cc1. The number of hydrogen-bond acceptors (Lipinski definition) is 6. The molecule has 264 valence electrons. The number of aromatic amines is 1. The molecular weight excluding hydrogens is 630 g/mol. The van der Waals surface area contributed by atoms with E-state index in [1.165, 1.54) is 0 Å². The average Bonchev–Trinajstić information content (AvgIpc) is 3.54. The van der Waals surface area contributed by atoms with Gasteiger partial charge in [-0.05, 0) is 73.4 Å². The molecule has 4 N–H and O–H groups in total. The van der Waals surface area contributed by atoms with E-state index in [9.17, 15) is 19.5 Å². The van der Waals surface area contributed by atoms with E-state index >= 15 is 0 Å². The van der Waals surface area contributed by atoms with E-state index in [0.717, 1.165) is 46.2 Å². The Morgan fingerprint density at radius 2 is 1.60 bits per heavy atom. The molecule has 0 radical (unpaired) electrons. The lowest BCUT2D eigenvalue weighted by atomic mass is 9.97. The second-order valence-corrected chi connectivity index (χ2v) is 12.5. The molecule has 0 fully saturated rings. The number of fused-ring (bicyclic) bond motifs is 1. The summed E-state index contributed by atoms with van der Waals surface area (Å²) in [5.41, 5.74) is 3.94. The van der Waals surface area contributed by atoms with Crippen LogP contribution in [0.2, 0.25) is 0 Å². The number of hydrogen-bond donors (Lipinski definition) is 4. The van der Waals surface area contributed by atoms with Crippen LogP contribution in [0.1, 0.15) is 55.2 Å². The lowest BCUT2D eigenvalue weighted by Crippen LogP contribution is -2.45. The largest absolute Gasteiger partial charge is 0.489 e. The third-order valence-electron chi connectivity index (χ3n) is 8.47. The number of unbranched alkanes of at least 4 members (excludes halogenated alkanes) is 2. The Kier molecular flexibility index (Phi) is 15.4. The average molecular weight is 680 g/mol. The van der Waals surface area contributed by atoms with Gasteiger partial charge >= 0.3 is 5.97 Å². The smallest absolute Gasteiger partial charge is 0.305 e. The van der Waals surface area contributed by atoms with Gasteiger partial charge in [0.05, 0.1) is 24.6 Å². The number of ether oxygens (including phenoxy) is 2. The van der Waals surface area contributed by atoms with Gasteiger partial charge < -0.3 is 30.2 Å². The van der Waals surface area contributed by atoms with Gasteiger partial charge in [-0.3, -0.25) is 14.4 Å². The van der Waals surface area contributed by atoms with Crippen molar-refractivity contribution in [2.75, 3.05) is 13.2 Å². The predicted molar refractivity (Wildman–Crippen MR) is 196 cm³/mol. The van der Waals surface area contributed by atoms with E-state index in [1.54, 1.807) is 6.08 Å². The molecule has 1 aromatic heterocycles. The maximum Gasteiger partial charge on any atom is 0.305 e. The van der Waals surface area contributed by atoms with Gasteiger partial charge in [-0.2, -0.15) is 0 Å². The van der Waals surface area contributed by atoms with Gasteiger partial charge in [0, 0.05) is 29.9 Å². The summed E-state index contributed by atoms with van der Waals surface area (Å²) in [5.74, 6) is -0.986. The van der Waals surface area contributed by atoms with Crippen molar-refractivity contribution in [3.05, 3.63) is 127 Å². The lowest BCUT2D eigenvalue weighted by Gasteiger charge is -2.23. The molecule has 50 heavy (non-hydrogen) atoms. The van der Waals surface area contributed by atoms with E-state index in [2.05, 4.69) is 28.8 Å². The number of para-hydroxylation sites is 1. The fourth-order valence-corrected chi connectivity index (χ4v) is 5.76. The fraction of sp³-hybridized carbons (Fsp3) is 0.341. The summed E-state index contributed by atoms with van der Waals surface area (Å²) in [6.45, 7) is 7.70. The minimum atomic E-state index is -0.701. The van der Waals surface area contributed by atoms with E-state index in [4.69, 9.17) is 9.47 Å². The minimum Gasteiger partial charge on any atom is -0.489 e. The van der Waals surface area contributed by atoms with Crippen molar-refractivity contribution in [3.8, 4) is 5.75 Å². The Morgan fingerprint density at radius 1 is 0.840 bits per heavy atom. The fourth-order valence-electron chi connectivity index (χ4n) is 5.76. The summed E-state index contributed by atoms with van der Waals surface area (Å²) >= 11 is 0. The molecule has 0 aliphatic heterocycles. The number of esters is 1. The number of nitrogens with one attached hydrogen (secondary N) is 3. The minimum absolute atomic E-state index is 0.00121. The monoisotopic (exact) mass is 679 g/mol. The molecule has 0 spiro atoms. The second kappa shape index (κ2) is 20.4. The highest BCUT2D eigenvalue weighted by molar-refractivity contribution is 5.86. The Hall–Kier alpha value is -5.15. The zero-order valence-corrected chi connectivity index (χ0v) is 28.7. The number of carbonyl (C=O) groups is 3. The van der Waals surface area contributed by atoms with Gasteiger partial charge in [0.1, 0.15) is 19.0 Å². The molecule has 0 unspecified atom stereocenters. The maximum absolute atomic E-state index is 13.6. The van der Waals surface area contributed by atoms with Crippen molar-refractivity contribution in [1.82, 2.24) is 15.6 Å². The summed E-state index contributed by atoms with van der Waals surface area (Å²) in [4.78, 5) is 42.6. The molecule has 9 nitrogen and oxygen atoms in total. The molecule has 0 saturated carbocycles. The molecule has 4 aromatic rings. The Labute approximate surface area is 294 Å². The molecule has 0 saturated heterocycles. The summed E-state index contributed by atoms with van der Waals surface area (Å²) in [7, 11) is 0. The van der Waals surface area contributed by atoms with E-state index < -0.39 is 18.0 Å². The predicted octanol–water partition coefficient (Wildman–Crippen LogP) is 6.37. The first-order valence-corrected chi connectivity index (χ1v) is 17.3. The lowest BCUT2D eigenvalue weighted by molar-refractivity contribution is -0.145. The maximum atomic E-state index is 13.6. The summed E-state index contributed by atoms with van der Waals surface area (Å²) in [5, 5.41) is 17.0. The molecule has 0 bridgehead atoms. The van der Waals surface area contributed by atoms with Crippen LogP contribution in [-0.2, 0) is 38.6 Å². The van der Waals surface area contributed by atoms with Crippen LogP contribution in [0.25, 0.3) is 10.9 Å². The molecular formula is C41H49N3O6. The zero-order valence-electron chi connectivity index (χ0n) is 28.7. The molecule has 9 heteroatoms. The number of H-pyrrole nitrogens is 1. The van der Waals surface area contributed by atoms with Gasteiger partial charge in [0.25, 0.3) is 0 Å². The highest BCUT2D eigenvalue weighted by Crippen LogP contribution is 2.21. The normalized spacial score (nSPS) is 12.7. The van der Waals surface area contributed by atoms with Crippen LogP contribution in [0.3, 0.4) is 0 Å². The van der Waals surface area contributed by atoms with Crippen molar-refractivity contribution in [2.24, 2.45) is 5.92 Å². The number of aliphatic hydroxyl groups is 1. The molecule has 4 rings (SSSR count). The van der Waals surface area contributed by atoms with Crippen LogP contribution in [0.4, 0.5) is 0 Å². The van der Waals surface area contributed by atoms with Gasteiger partial charge in [0.15, 0.2) is 0 Å². The van der Waals surface area contributed by atoms with Crippen LogP contribution in [-0.4, -0.2) is 53.2 Å². The summed E-state index contributed by atoms with van der Waals surface area (Å²) in [6, 6.07) is 24.3. The Bertz CT molecular complexity index is 1670. The van der Waals surface area contributed by atoms with Gasteiger partial charge in [-0.25, -0.2) is 0 Å². The standard InChI is InChI=1S/C41H49N3O6/c1-3-5-6-10-18-40(47)50-29-35(24-33-26-42-38-17-12-11-16-37(33)38)44-41(48)32(13-4-2)25-39(46)43-34(27-45)23-30-19-21-36(22-20-30)49-28-31-14-8-7-9-15-31/h3-4,7-9,11-12,14-17,19-22,26,32,34-35,42,45H,1-2,5-6,10,13,18,23-25,27-29H2,(H,43,46)(H,44,48)/t32-,34+,35+/m1/s1. The van der Waals surface area contributed by atoms with E-state index in [-0.39, 0.29) is 43.8 Å². The number of aliphatic hydroxyl groups excluding tert-OH is 1. The van der Waals surface area contributed by atoms with E-state index in [1.807, 2.05) is 91.1 Å². The quantitative estimate of drug-likeness (QED) is 0.0434. The van der Waals surface area contributed by atoms with Crippen LogP contribution < -0.4 is 15.4 Å². The van der Waals surface area contributed by atoms with E-state index in [0.29, 0.717) is 32.3 Å². The molecule has 1 heterocycles. The number of aromatic nitrogens is 1. The molecule has 2 amide bonds. The number of rotatable bonds is 22. The molecule has 0 aliphatic rings. The van der Waals surface area contributed by atoms with Gasteiger partial charge in [0.2, 0.25) is 11.8 Å². The Balaban J connectivity index is 1.33. The van der Waals surface area contributed by atoms with Crippen LogP contribution in [0.5, 0.6) is 5.75 Å². The first kappa shape index (κ1) is 37.7. The van der Waals surface area contributed by atoms with Crippen molar-refractivity contribution in [3.63, 3.8) is 0 Å². The first-order chi connectivity index (χ1) is 24.4. The zero-order chi connectivity index (χ0) is 35.6. The highest BCUT2D eigenvalue weighted by atomic mass is 16.5. The first-order valence-electron chi connectivity index (χ1n) is 17.3. The van der Waals surface area contributed by atoms with Crippen LogP contribution >= 0.6 is 0 Å². The number of carbonyl (C=O) groups excluding carboxylic acids is 3. The van der Waals surface area contributed by atoms with Gasteiger partial charge in [-0.1, -0.05) is 72.8 Å². The third-order valence-corrected chi connectivity index (χ3v) is 8.47. The van der Waals surface area contributed by atoms with Crippen LogP contribution in [0.15, 0.2) is 110 Å². The third kappa shape index (κ3) is 12.4. The number of benzene rings is 3. The second-order valence-electron chi connectivity index (χ2n) is 12.5. The summed E-state index contributed by atoms with van der Waals surface area (Å²) < 4.78 is 11.5. The van der Waals surface area contributed by atoms with Crippen molar-refractivity contribution in [1.29, 1.82) is 0 Å².